The summed E-state index contributed by atoms with van der Waals surface area (Å²) in [5.41, 5.74) is 5.10. The number of rotatable bonds is 9. The second-order valence-electron chi connectivity index (χ2n) is 8.40. The molecule has 4 aromatic carbocycles. The highest BCUT2D eigenvalue weighted by molar-refractivity contribution is 7.99. The first-order valence-corrected chi connectivity index (χ1v) is 12.9. The van der Waals surface area contributed by atoms with Gasteiger partial charge in [0.2, 0.25) is 0 Å². The summed E-state index contributed by atoms with van der Waals surface area (Å²) in [5.74, 6) is 0.886. The number of nitrogens with zero attached hydrogens (tertiary/aromatic N) is 4. The van der Waals surface area contributed by atoms with Crippen molar-refractivity contribution in [3.05, 3.63) is 114 Å². The van der Waals surface area contributed by atoms with Crippen molar-refractivity contribution in [3.63, 3.8) is 0 Å². The minimum Gasteiger partial charge on any atom is -0.488 e. The van der Waals surface area contributed by atoms with Gasteiger partial charge in [0.05, 0.1) is 12.0 Å². The van der Waals surface area contributed by atoms with E-state index >= 15 is 0 Å². The summed E-state index contributed by atoms with van der Waals surface area (Å²) in [4.78, 5) is 12.6. The van der Waals surface area contributed by atoms with Gasteiger partial charge in [-0.3, -0.25) is 9.36 Å². The highest BCUT2D eigenvalue weighted by Crippen LogP contribution is 2.27. The molecule has 7 nitrogen and oxygen atoms in total. The van der Waals surface area contributed by atoms with Gasteiger partial charge < -0.3 is 4.74 Å². The molecule has 5 rings (SSSR count). The third kappa shape index (κ3) is 5.90. The van der Waals surface area contributed by atoms with Crippen molar-refractivity contribution in [2.24, 2.45) is 5.10 Å². The molecule has 0 spiro atoms. The Morgan fingerprint density at radius 1 is 1.00 bits per heavy atom. The zero-order chi connectivity index (χ0) is 26.3. The number of hydrazone groups is 1. The van der Waals surface area contributed by atoms with Gasteiger partial charge in [0, 0.05) is 11.3 Å². The van der Waals surface area contributed by atoms with E-state index in [2.05, 4.69) is 20.7 Å². The molecule has 0 saturated carbocycles. The number of ether oxygens (including phenoxy) is 1. The molecule has 0 saturated heterocycles. The van der Waals surface area contributed by atoms with Crippen LogP contribution in [0, 0.1) is 12.7 Å². The summed E-state index contributed by atoms with van der Waals surface area (Å²) in [6.07, 6.45) is 1.58. The van der Waals surface area contributed by atoms with E-state index in [1.807, 2.05) is 78.2 Å². The van der Waals surface area contributed by atoms with Crippen molar-refractivity contribution in [3.8, 4) is 11.4 Å². The predicted octanol–water partition coefficient (Wildman–Crippen LogP) is 5.69. The molecule has 38 heavy (non-hydrogen) atoms. The van der Waals surface area contributed by atoms with Crippen LogP contribution in [0.4, 0.5) is 4.39 Å². The Balaban J connectivity index is 1.27. The van der Waals surface area contributed by atoms with Crippen LogP contribution in [0.3, 0.4) is 0 Å². The molecule has 5 aromatic rings. The van der Waals surface area contributed by atoms with Crippen molar-refractivity contribution >= 4 is 34.7 Å². The van der Waals surface area contributed by atoms with E-state index in [9.17, 15) is 9.18 Å². The Hall–Kier alpha value is -4.50. The van der Waals surface area contributed by atoms with Gasteiger partial charge in [-0.2, -0.15) is 5.10 Å². The third-order valence-corrected chi connectivity index (χ3v) is 6.69. The Labute approximate surface area is 223 Å². The molecule has 0 fully saturated rings. The molecule has 0 radical (unpaired) electrons. The number of amides is 1. The van der Waals surface area contributed by atoms with Crippen molar-refractivity contribution in [1.82, 2.24) is 20.2 Å². The second kappa shape index (κ2) is 11.7. The van der Waals surface area contributed by atoms with Crippen LogP contribution in [0.2, 0.25) is 0 Å². The lowest BCUT2D eigenvalue weighted by Gasteiger charge is -2.12. The van der Waals surface area contributed by atoms with E-state index in [0.29, 0.717) is 10.9 Å². The van der Waals surface area contributed by atoms with Gasteiger partial charge in [-0.25, -0.2) is 9.82 Å². The number of aryl methyl sites for hydroxylation is 1. The molecule has 1 heterocycles. The maximum Gasteiger partial charge on any atom is 0.250 e. The number of benzene rings is 4. The van der Waals surface area contributed by atoms with E-state index in [-0.39, 0.29) is 24.1 Å². The number of carbonyl (C=O) groups excluding carboxylic acids is 1. The maximum atomic E-state index is 13.2. The number of hydrogen-bond acceptors (Lipinski definition) is 6. The largest absolute Gasteiger partial charge is 0.488 e. The zero-order valence-electron chi connectivity index (χ0n) is 20.5. The smallest absolute Gasteiger partial charge is 0.250 e. The van der Waals surface area contributed by atoms with Gasteiger partial charge >= 0.3 is 0 Å². The first-order valence-electron chi connectivity index (χ1n) is 11.9. The lowest BCUT2D eigenvalue weighted by molar-refractivity contribution is -0.118. The third-order valence-electron chi connectivity index (χ3n) is 5.76. The van der Waals surface area contributed by atoms with Crippen LogP contribution in [0.15, 0.2) is 101 Å². The number of aromatic nitrogens is 3. The number of hydrogen-bond donors (Lipinski definition) is 1. The standard InChI is InChI=1S/C29H24FN5O2S/c1-20-32-34-29(35(20)24-8-3-2-4-9-24)38-19-28(36)33-31-17-26-25-10-6-5-7-22(25)13-16-27(26)37-18-21-11-14-23(30)15-12-21/h2-17H,18-19H2,1H3,(H,33,36)/b31-17-. The minimum absolute atomic E-state index is 0.117. The van der Waals surface area contributed by atoms with Gasteiger partial charge in [-0.1, -0.05) is 72.4 Å². The average molecular weight is 526 g/mol. The van der Waals surface area contributed by atoms with E-state index in [0.717, 1.165) is 33.4 Å². The molecule has 1 N–H and O–H groups in total. The van der Waals surface area contributed by atoms with Crippen LogP contribution >= 0.6 is 11.8 Å². The molecule has 0 unspecified atom stereocenters. The van der Waals surface area contributed by atoms with Gasteiger partial charge in [0.15, 0.2) is 5.16 Å². The summed E-state index contributed by atoms with van der Waals surface area (Å²) in [6, 6.07) is 27.6. The second-order valence-corrected chi connectivity index (χ2v) is 9.34. The van der Waals surface area contributed by atoms with Crippen molar-refractivity contribution < 1.29 is 13.9 Å². The molecule has 190 valence electrons. The van der Waals surface area contributed by atoms with Gasteiger partial charge in [-0.15, -0.1) is 10.2 Å². The number of thioether (sulfide) groups is 1. The summed E-state index contributed by atoms with van der Waals surface area (Å²) in [5, 5.41) is 15.1. The van der Waals surface area contributed by atoms with Gasteiger partial charge in [0.25, 0.3) is 5.91 Å². The molecule has 1 aromatic heterocycles. The van der Waals surface area contributed by atoms with Crippen LogP contribution < -0.4 is 10.2 Å². The molecule has 0 aliphatic carbocycles. The molecular weight excluding hydrogens is 501 g/mol. The molecular formula is C29H24FN5O2S. The fraction of sp³-hybridized carbons (Fsp3) is 0.103. The molecule has 0 atom stereocenters. The Morgan fingerprint density at radius 3 is 2.58 bits per heavy atom. The van der Waals surface area contributed by atoms with Crippen molar-refractivity contribution in [2.45, 2.75) is 18.7 Å². The van der Waals surface area contributed by atoms with E-state index in [1.165, 1.54) is 23.9 Å². The first kappa shape index (κ1) is 25.2. The SMILES string of the molecule is Cc1nnc(SCC(=O)N/N=C\c2c(OCc3ccc(F)cc3)ccc3ccccc23)n1-c1ccccc1. The van der Waals surface area contributed by atoms with Crippen LogP contribution in [-0.4, -0.2) is 32.6 Å². The Kier molecular flexibility index (Phi) is 7.75. The number of carbonyl (C=O) groups is 1. The highest BCUT2D eigenvalue weighted by atomic mass is 32.2. The molecule has 0 aliphatic rings. The highest BCUT2D eigenvalue weighted by Gasteiger charge is 2.13. The topological polar surface area (TPSA) is 81.4 Å². The summed E-state index contributed by atoms with van der Waals surface area (Å²) in [6.45, 7) is 2.14. The van der Waals surface area contributed by atoms with Gasteiger partial charge in [0.1, 0.15) is 24.0 Å². The Morgan fingerprint density at radius 2 is 1.76 bits per heavy atom. The van der Waals surface area contributed by atoms with E-state index < -0.39 is 0 Å². The normalized spacial score (nSPS) is 11.2. The summed E-state index contributed by atoms with van der Waals surface area (Å²) < 4.78 is 21.2. The molecule has 1 amide bonds. The average Bonchev–Trinajstić information content (AvgIpc) is 3.32. The summed E-state index contributed by atoms with van der Waals surface area (Å²) in [7, 11) is 0. The first-order chi connectivity index (χ1) is 18.6. The van der Waals surface area contributed by atoms with Crippen LogP contribution in [0.25, 0.3) is 16.5 Å². The predicted molar refractivity (Wildman–Crippen MR) is 147 cm³/mol. The molecule has 0 aliphatic heterocycles. The van der Waals surface area contributed by atoms with E-state index in [1.54, 1.807) is 18.3 Å². The zero-order valence-corrected chi connectivity index (χ0v) is 21.4. The van der Waals surface area contributed by atoms with Crippen LogP contribution in [0.5, 0.6) is 5.75 Å². The molecule has 9 heteroatoms. The van der Waals surface area contributed by atoms with E-state index in [4.69, 9.17) is 4.74 Å². The number of halogens is 1. The number of para-hydroxylation sites is 1. The van der Waals surface area contributed by atoms with Crippen LogP contribution in [0.1, 0.15) is 17.0 Å². The monoisotopic (exact) mass is 525 g/mol. The minimum atomic E-state index is -0.295. The maximum absolute atomic E-state index is 13.2. The summed E-state index contributed by atoms with van der Waals surface area (Å²) >= 11 is 1.28. The van der Waals surface area contributed by atoms with Gasteiger partial charge in [-0.05, 0) is 53.6 Å². The fourth-order valence-corrected chi connectivity index (χ4v) is 4.71. The van der Waals surface area contributed by atoms with Crippen molar-refractivity contribution in [2.75, 3.05) is 5.75 Å². The number of fused-ring (bicyclic) bond motifs is 1. The molecule has 0 bridgehead atoms. The fourth-order valence-electron chi connectivity index (χ4n) is 3.92. The lowest BCUT2D eigenvalue weighted by atomic mass is 10.0. The Bertz CT molecular complexity index is 1590. The number of nitrogens with one attached hydrogen (secondary N) is 1. The lowest BCUT2D eigenvalue weighted by Crippen LogP contribution is -2.20. The quantitative estimate of drug-likeness (QED) is 0.152. The van der Waals surface area contributed by atoms with Crippen LogP contribution in [-0.2, 0) is 11.4 Å². The van der Waals surface area contributed by atoms with Crippen molar-refractivity contribution in [1.29, 1.82) is 0 Å².